The van der Waals surface area contributed by atoms with Crippen LogP contribution in [0, 0.1) is 0 Å². The molecule has 0 spiro atoms. The maximum atomic E-state index is 11.7. The van der Waals surface area contributed by atoms with Crippen LogP contribution in [-0.4, -0.2) is 5.78 Å². The second kappa shape index (κ2) is 4.41. The van der Waals surface area contributed by atoms with Crippen molar-refractivity contribution in [3.8, 4) is 11.1 Å². The minimum Gasteiger partial charge on any atom is -0.294 e. The molecule has 0 aliphatic heterocycles. The smallest absolute Gasteiger partial charge is 0.160 e. The van der Waals surface area contributed by atoms with E-state index in [4.69, 9.17) is 0 Å². The Bertz CT molecular complexity index is 611. The molecule has 1 heteroatoms. The van der Waals surface area contributed by atoms with E-state index >= 15 is 0 Å². The number of hydrogen-bond acceptors (Lipinski definition) is 1. The van der Waals surface area contributed by atoms with Gasteiger partial charge in [-0.3, -0.25) is 4.79 Å². The summed E-state index contributed by atoms with van der Waals surface area (Å²) in [5.41, 5.74) is 5.96. The third-order valence-electron chi connectivity index (χ3n) is 3.72. The van der Waals surface area contributed by atoms with Gasteiger partial charge in [-0.05, 0) is 48.4 Å². The molecular weight excluding hydrogens is 220 g/mol. The second-order valence-corrected chi connectivity index (χ2v) is 4.94. The lowest BCUT2D eigenvalue weighted by molar-refractivity contribution is 0.101. The number of carbonyl (C=O) groups is 1. The first-order valence-electron chi connectivity index (χ1n) is 6.48. The highest BCUT2D eigenvalue weighted by molar-refractivity contribution is 6.00. The van der Waals surface area contributed by atoms with Crippen molar-refractivity contribution in [3.63, 3.8) is 0 Å². The lowest BCUT2D eigenvalue weighted by Crippen LogP contribution is -1.96. The molecule has 0 saturated carbocycles. The number of ketones is 1. The van der Waals surface area contributed by atoms with Crippen molar-refractivity contribution < 1.29 is 4.79 Å². The molecule has 0 unspecified atom stereocenters. The largest absolute Gasteiger partial charge is 0.294 e. The van der Waals surface area contributed by atoms with Gasteiger partial charge in [-0.15, -0.1) is 0 Å². The molecule has 0 radical (unpaired) electrons. The van der Waals surface area contributed by atoms with E-state index in [9.17, 15) is 4.79 Å². The van der Waals surface area contributed by atoms with E-state index in [1.165, 1.54) is 36.0 Å². The van der Waals surface area contributed by atoms with Crippen molar-refractivity contribution in [1.29, 1.82) is 0 Å². The number of Topliss-reactive ketones (excluding diaryl/α,β-unsaturated/α-hetero) is 1. The average Bonchev–Trinajstić information content (AvgIpc) is 2.85. The van der Waals surface area contributed by atoms with Gasteiger partial charge in [-0.1, -0.05) is 42.5 Å². The van der Waals surface area contributed by atoms with Crippen LogP contribution >= 0.6 is 0 Å². The summed E-state index contributed by atoms with van der Waals surface area (Å²) in [5.74, 6) is 0.131. The van der Waals surface area contributed by atoms with E-state index < -0.39 is 0 Å². The third-order valence-corrected chi connectivity index (χ3v) is 3.72. The van der Waals surface area contributed by atoms with Crippen LogP contribution in [0.2, 0.25) is 0 Å². The van der Waals surface area contributed by atoms with E-state index in [1.54, 1.807) is 6.92 Å². The van der Waals surface area contributed by atoms with Gasteiger partial charge in [0.2, 0.25) is 0 Å². The Morgan fingerprint density at radius 3 is 2.61 bits per heavy atom. The summed E-state index contributed by atoms with van der Waals surface area (Å²) in [7, 11) is 0. The summed E-state index contributed by atoms with van der Waals surface area (Å²) in [6.07, 6.45) is 3.63. The first-order chi connectivity index (χ1) is 8.75. The third kappa shape index (κ3) is 1.86. The predicted molar refractivity (Wildman–Crippen MR) is 73.9 cm³/mol. The number of fused-ring (bicyclic) bond motifs is 1. The standard InChI is InChI=1S/C17H16O/c1-12(18)16-7-2-3-8-17(16)15-10-9-13-5-4-6-14(13)11-15/h2-3,7-11H,4-6H2,1H3. The quantitative estimate of drug-likeness (QED) is 0.719. The van der Waals surface area contributed by atoms with Crippen LogP contribution in [-0.2, 0) is 12.8 Å². The zero-order valence-corrected chi connectivity index (χ0v) is 10.6. The molecule has 1 aliphatic carbocycles. The first-order valence-corrected chi connectivity index (χ1v) is 6.48. The Kier molecular flexibility index (Phi) is 2.75. The number of rotatable bonds is 2. The Labute approximate surface area is 107 Å². The van der Waals surface area contributed by atoms with Crippen molar-refractivity contribution >= 4 is 5.78 Å². The van der Waals surface area contributed by atoms with Crippen LogP contribution < -0.4 is 0 Å². The van der Waals surface area contributed by atoms with E-state index in [0.717, 1.165) is 11.1 Å². The molecular formula is C17H16O. The van der Waals surface area contributed by atoms with Gasteiger partial charge in [0.25, 0.3) is 0 Å². The SMILES string of the molecule is CC(=O)c1ccccc1-c1ccc2c(c1)CCC2. The predicted octanol–water partition coefficient (Wildman–Crippen LogP) is 4.04. The molecule has 1 nitrogen and oxygen atoms in total. The molecule has 0 heterocycles. The molecule has 0 atom stereocenters. The molecule has 0 saturated heterocycles. The van der Waals surface area contributed by atoms with Crippen LogP contribution in [0.4, 0.5) is 0 Å². The number of benzene rings is 2. The Morgan fingerprint density at radius 1 is 1.00 bits per heavy atom. The molecule has 0 bridgehead atoms. The fraction of sp³-hybridized carbons (Fsp3) is 0.235. The molecule has 0 N–H and O–H groups in total. The van der Waals surface area contributed by atoms with Gasteiger partial charge < -0.3 is 0 Å². The maximum absolute atomic E-state index is 11.7. The first kappa shape index (κ1) is 11.2. The molecule has 0 fully saturated rings. The summed E-state index contributed by atoms with van der Waals surface area (Å²) in [6, 6.07) is 14.5. The van der Waals surface area contributed by atoms with Crippen LogP contribution in [0.15, 0.2) is 42.5 Å². The van der Waals surface area contributed by atoms with Crippen molar-refractivity contribution in [2.45, 2.75) is 26.2 Å². The number of hydrogen-bond donors (Lipinski definition) is 0. The summed E-state index contributed by atoms with van der Waals surface area (Å²) in [5, 5.41) is 0. The fourth-order valence-corrected chi connectivity index (χ4v) is 2.78. The van der Waals surface area contributed by atoms with Gasteiger partial charge in [0.1, 0.15) is 0 Å². The van der Waals surface area contributed by atoms with Crippen LogP contribution in [0.1, 0.15) is 34.8 Å². The van der Waals surface area contributed by atoms with E-state index in [0.29, 0.717) is 0 Å². The van der Waals surface area contributed by atoms with Crippen molar-refractivity contribution in [1.82, 2.24) is 0 Å². The maximum Gasteiger partial charge on any atom is 0.160 e. The van der Waals surface area contributed by atoms with Crippen LogP contribution in [0.3, 0.4) is 0 Å². The average molecular weight is 236 g/mol. The van der Waals surface area contributed by atoms with Crippen molar-refractivity contribution in [2.75, 3.05) is 0 Å². The van der Waals surface area contributed by atoms with Crippen LogP contribution in [0.25, 0.3) is 11.1 Å². The minimum absolute atomic E-state index is 0.131. The topological polar surface area (TPSA) is 17.1 Å². The van der Waals surface area contributed by atoms with Crippen LogP contribution in [0.5, 0.6) is 0 Å². The van der Waals surface area contributed by atoms with E-state index in [-0.39, 0.29) is 5.78 Å². The lowest BCUT2D eigenvalue weighted by atomic mass is 9.95. The van der Waals surface area contributed by atoms with Gasteiger partial charge in [-0.25, -0.2) is 0 Å². The van der Waals surface area contributed by atoms with Crippen molar-refractivity contribution in [3.05, 3.63) is 59.2 Å². The number of carbonyl (C=O) groups excluding carboxylic acids is 1. The summed E-state index contributed by atoms with van der Waals surface area (Å²) < 4.78 is 0. The molecule has 2 aromatic carbocycles. The molecule has 18 heavy (non-hydrogen) atoms. The minimum atomic E-state index is 0.131. The van der Waals surface area contributed by atoms with Gasteiger partial charge >= 0.3 is 0 Å². The normalized spacial score (nSPS) is 13.4. The highest BCUT2D eigenvalue weighted by Gasteiger charge is 2.13. The van der Waals surface area contributed by atoms with Gasteiger partial charge in [0.05, 0.1) is 0 Å². The molecule has 90 valence electrons. The highest BCUT2D eigenvalue weighted by Crippen LogP contribution is 2.30. The number of aryl methyl sites for hydroxylation is 2. The molecule has 0 amide bonds. The fourth-order valence-electron chi connectivity index (χ4n) is 2.78. The Balaban J connectivity index is 2.13. The van der Waals surface area contributed by atoms with E-state index in [1.807, 2.05) is 24.3 Å². The molecule has 1 aliphatic rings. The summed E-state index contributed by atoms with van der Waals surface area (Å²) in [4.78, 5) is 11.7. The van der Waals surface area contributed by atoms with Gasteiger partial charge in [-0.2, -0.15) is 0 Å². The summed E-state index contributed by atoms with van der Waals surface area (Å²) >= 11 is 0. The zero-order valence-electron chi connectivity index (χ0n) is 10.6. The lowest BCUT2D eigenvalue weighted by Gasteiger charge is -2.09. The molecule has 3 rings (SSSR count). The summed E-state index contributed by atoms with van der Waals surface area (Å²) in [6.45, 7) is 1.63. The van der Waals surface area contributed by atoms with Gasteiger partial charge in [0.15, 0.2) is 5.78 Å². The molecule has 0 aromatic heterocycles. The molecule has 2 aromatic rings. The zero-order chi connectivity index (χ0) is 12.5. The van der Waals surface area contributed by atoms with E-state index in [2.05, 4.69) is 18.2 Å². The van der Waals surface area contributed by atoms with Crippen molar-refractivity contribution in [2.24, 2.45) is 0 Å². The Hall–Kier alpha value is -1.89. The monoisotopic (exact) mass is 236 g/mol. The van der Waals surface area contributed by atoms with Gasteiger partial charge in [0, 0.05) is 5.56 Å². The second-order valence-electron chi connectivity index (χ2n) is 4.94. The highest BCUT2D eigenvalue weighted by atomic mass is 16.1. The Morgan fingerprint density at radius 2 is 1.78 bits per heavy atom.